The van der Waals surface area contributed by atoms with Crippen molar-refractivity contribution < 1.29 is 12.8 Å². The van der Waals surface area contributed by atoms with E-state index in [-0.39, 0.29) is 17.3 Å². The van der Waals surface area contributed by atoms with Crippen LogP contribution in [0, 0.1) is 5.82 Å². The molecule has 0 fully saturated rings. The number of rotatable bonds is 5. The van der Waals surface area contributed by atoms with Gasteiger partial charge in [-0.3, -0.25) is 0 Å². The Hall–Kier alpha value is -1.22. The summed E-state index contributed by atoms with van der Waals surface area (Å²) in [5, 5.41) is 2.25. The molecule has 0 amide bonds. The van der Waals surface area contributed by atoms with Crippen LogP contribution in [0.15, 0.2) is 28.6 Å². The van der Waals surface area contributed by atoms with Gasteiger partial charge >= 0.3 is 0 Å². The highest BCUT2D eigenvalue weighted by atomic mass is 35.5. The van der Waals surface area contributed by atoms with E-state index < -0.39 is 20.7 Å². The Bertz CT molecular complexity index is 705. The molecule has 0 saturated heterocycles. The third-order valence-corrected chi connectivity index (χ3v) is 5.00. The van der Waals surface area contributed by atoms with E-state index in [0.717, 1.165) is 17.1 Å². The predicted molar refractivity (Wildman–Crippen MR) is 76.8 cm³/mol. The van der Waals surface area contributed by atoms with E-state index >= 15 is 0 Å². The molecular weight excluding hydrogens is 325 g/mol. The summed E-state index contributed by atoms with van der Waals surface area (Å²) in [6.45, 7) is 0.113. The predicted octanol–water partition coefficient (Wildman–Crippen LogP) is 2.04. The van der Waals surface area contributed by atoms with Crippen molar-refractivity contribution in [1.82, 2.24) is 9.71 Å². The van der Waals surface area contributed by atoms with Crippen LogP contribution in [0.2, 0.25) is 5.02 Å². The summed E-state index contributed by atoms with van der Waals surface area (Å²) < 4.78 is 40.1. The van der Waals surface area contributed by atoms with Gasteiger partial charge < -0.3 is 5.73 Å². The van der Waals surface area contributed by atoms with Crippen LogP contribution in [0.4, 0.5) is 10.1 Å². The third-order valence-electron chi connectivity index (χ3n) is 2.42. The number of nitrogens with one attached hydrogen (secondary N) is 1. The largest absolute Gasteiger partial charge is 0.399 e. The molecule has 0 unspecified atom stereocenters. The van der Waals surface area contributed by atoms with E-state index in [1.54, 1.807) is 11.6 Å². The van der Waals surface area contributed by atoms with Crippen molar-refractivity contribution in [3.8, 4) is 0 Å². The van der Waals surface area contributed by atoms with Crippen LogP contribution in [0.3, 0.4) is 0 Å². The van der Waals surface area contributed by atoms with Crippen LogP contribution < -0.4 is 10.5 Å². The first-order chi connectivity index (χ1) is 9.40. The minimum atomic E-state index is -4.00. The first-order valence-corrected chi connectivity index (χ1v) is 8.27. The number of aromatic nitrogens is 1. The van der Waals surface area contributed by atoms with Crippen LogP contribution in [0.5, 0.6) is 0 Å². The van der Waals surface area contributed by atoms with Gasteiger partial charge in [-0.15, -0.1) is 11.3 Å². The number of hydrogen-bond acceptors (Lipinski definition) is 5. The molecule has 0 bridgehead atoms. The number of anilines is 1. The second kappa shape index (κ2) is 6.04. The van der Waals surface area contributed by atoms with Crippen LogP contribution in [0.1, 0.15) is 5.01 Å². The number of nitrogens with two attached hydrogens (primary N) is 1. The first kappa shape index (κ1) is 15.2. The van der Waals surface area contributed by atoms with Gasteiger partial charge in [-0.05, 0) is 12.1 Å². The number of hydrogen-bond donors (Lipinski definition) is 2. The lowest BCUT2D eigenvalue weighted by molar-refractivity contribution is 0.557. The standard InChI is InChI=1S/C11H11ClFN3O2S2/c12-8-5-7(14)6-9(11(8)13)20(17,18)16-2-1-10-15-3-4-19-10/h3-6,16H,1-2,14H2. The van der Waals surface area contributed by atoms with Gasteiger partial charge in [0.1, 0.15) is 4.90 Å². The summed E-state index contributed by atoms with van der Waals surface area (Å²) in [7, 11) is -4.00. The maximum atomic E-state index is 13.8. The fourth-order valence-electron chi connectivity index (χ4n) is 1.53. The lowest BCUT2D eigenvalue weighted by atomic mass is 10.3. The number of sulfonamides is 1. The molecule has 5 nitrogen and oxygen atoms in total. The van der Waals surface area contributed by atoms with Crippen molar-refractivity contribution in [3.05, 3.63) is 39.6 Å². The van der Waals surface area contributed by atoms with Gasteiger partial charge in [-0.2, -0.15) is 0 Å². The molecule has 2 rings (SSSR count). The van der Waals surface area contributed by atoms with Crippen LogP contribution in [-0.4, -0.2) is 19.9 Å². The molecule has 108 valence electrons. The molecule has 0 spiro atoms. The summed E-state index contributed by atoms with van der Waals surface area (Å²) in [4.78, 5) is 3.47. The lowest BCUT2D eigenvalue weighted by Crippen LogP contribution is -2.27. The first-order valence-electron chi connectivity index (χ1n) is 5.52. The summed E-state index contributed by atoms with van der Waals surface area (Å²) in [6, 6.07) is 2.19. The maximum absolute atomic E-state index is 13.8. The molecule has 2 aromatic rings. The van der Waals surface area contributed by atoms with Gasteiger partial charge in [0.25, 0.3) is 0 Å². The highest BCUT2D eigenvalue weighted by Crippen LogP contribution is 2.25. The zero-order chi connectivity index (χ0) is 14.8. The maximum Gasteiger partial charge on any atom is 0.243 e. The van der Waals surface area contributed by atoms with E-state index in [1.807, 2.05) is 0 Å². The molecule has 9 heteroatoms. The summed E-state index contributed by atoms with van der Waals surface area (Å²) in [6.07, 6.45) is 2.06. The van der Waals surface area contributed by atoms with Gasteiger partial charge in [-0.25, -0.2) is 22.5 Å². The van der Waals surface area contributed by atoms with Crippen molar-refractivity contribution in [2.75, 3.05) is 12.3 Å². The van der Waals surface area contributed by atoms with E-state index in [0.29, 0.717) is 6.42 Å². The van der Waals surface area contributed by atoms with Crippen LogP contribution in [0.25, 0.3) is 0 Å². The zero-order valence-corrected chi connectivity index (χ0v) is 12.5. The second-order valence-electron chi connectivity index (χ2n) is 3.89. The number of benzene rings is 1. The molecule has 20 heavy (non-hydrogen) atoms. The van der Waals surface area contributed by atoms with Crippen molar-refractivity contribution in [3.63, 3.8) is 0 Å². The molecule has 0 aliphatic carbocycles. The van der Waals surface area contributed by atoms with Crippen molar-refractivity contribution in [1.29, 1.82) is 0 Å². The Morgan fingerprint density at radius 2 is 2.20 bits per heavy atom. The fourth-order valence-corrected chi connectivity index (χ4v) is 3.59. The third kappa shape index (κ3) is 3.45. The molecule has 0 atom stereocenters. The Labute approximate surface area is 124 Å². The number of halogens is 2. The van der Waals surface area contributed by atoms with Gasteiger partial charge in [0, 0.05) is 30.2 Å². The molecule has 0 aliphatic rings. The Morgan fingerprint density at radius 1 is 1.45 bits per heavy atom. The molecule has 3 N–H and O–H groups in total. The molecule has 0 aliphatic heterocycles. The van der Waals surface area contributed by atoms with E-state index in [1.165, 1.54) is 11.3 Å². The SMILES string of the molecule is Nc1cc(Cl)c(F)c(S(=O)(=O)NCCc2nccs2)c1. The normalized spacial score (nSPS) is 11.7. The highest BCUT2D eigenvalue weighted by Gasteiger charge is 2.21. The molecular formula is C11H11ClFN3O2S2. The number of nitrogen functional groups attached to an aromatic ring is 1. The van der Waals surface area contributed by atoms with Gasteiger partial charge in [0.15, 0.2) is 5.82 Å². The zero-order valence-electron chi connectivity index (χ0n) is 10.1. The van der Waals surface area contributed by atoms with Crippen molar-refractivity contribution in [2.45, 2.75) is 11.3 Å². The van der Waals surface area contributed by atoms with Crippen LogP contribution >= 0.6 is 22.9 Å². The van der Waals surface area contributed by atoms with E-state index in [4.69, 9.17) is 17.3 Å². The minimum absolute atomic E-state index is 0.0803. The summed E-state index contributed by atoms with van der Waals surface area (Å²) in [5.74, 6) is -1.01. The Morgan fingerprint density at radius 3 is 2.85 bits per heavy atom. The monoisotopic (exact) mass is 335 g/mol. The minimum Gasteiger partial charge on any atom is -0.399 e. The van der Waals surface area contributed by atoms with Gasteiger partial charge in [0.2, 0.25) is 10.0 Å². The Balaban J connectivity index is 2.14. The molecule has 0 radical (unpaired) electrons. The average molecular weight is 336 g/mol. The highest BCUT2D eigenvalue weighted by molar-refractivity contribution is 7.89. The molecule has 1 aromatic carbocycles. The average Bonchev–Trinajstić information content (AvgIpc) is 2.86. The summed E-state index contributed by atoms with van der Waals surface area (Å²) >= 11 is 7.00. The van der Waals surface area contributed by atoms with Crippen LogP contribution in [-0.2, 0) is 16.4 Å². The molecule has 1 aromatic heterocycles. The lowest BCUT2D eigenvalue weighted by Gasteiger charge is -2.09. The molecule has 0 saturated carbocycles. The topological polar surface area (TPSA) is 85.1 Å². The number of thiazole rings is 1. The smallest absolute Gasteiger partial charge is 0.243 e. The van der Waals surface area contributed by atoms with E-state index in [2.05, 4.69) is 9.71 Å². The quantitative estimate of drug-likeness (QED) is 0.819. The van der Waals surface area contributed by atoms with E-state index in [9.17, 15) is 12.8 Å². The van der Waals surface area contributed by atoms with Gasteiger partial charge in [-0.1, -0.05) is 11.6 Å². The fraction of sp³-hybridized carbons (Fsp3) is 0.182. The van der Waals surface area contributed by atoms with Crippen molar-refractivity contribution >= 4 is 38.6 Å². The van der Waals surface area contributed by atoms with Crippen molar-refractivity contribution in [2.24, 2.45) is 0 Å². The summed E-state index contributed by atoms with van der Waals surface area (Å²) in [5.41, 5.74) is 5.56. The molecule has 1 heterocycles. The van der Waals surface area contributed by atoms with Gasteiger partial charge in [0.05, 0.1) is 10.0 Å². The second-order valence-corrected chi connectivity index (χ2v) is 7.01. The Kier molecular flexibility index (Phi) is 4.59. The number of nitrogens with zero attached hydrogens (tertiary/aromatic N) is 1.